The highest BCUT2D eigenvalue weighted by Crippen LogP contribution is 2.36. The second-order valence-electron chi connectivity index (χ2n) is 6.63. The van der Waals surface area contributed by atoms with Gasteiger partial charge in [0.25, 0.3) is 11.8 Å². The van der Waals surface area contributed by atoms with Crippen LogP contribution >= 0.6 is 23.2 Å². The van der Waals surface area contributed by atoms with Crippen molar-refractivity contribution in [2.45, 2.75) is 13.3 Å². The number of carbonyl (C=O) groups is 2. The van der Waals surface area contributed by atoms with Crippen LogP contribution < -0.4 is 0 Å². The third-order valence-electron chi connectivity index (χ3n) is 4.67. The number of carbonyl (C=O) groups excluding carboxylic acids is 2. The first-order valence-electron chi connectivity index (χ1n) is 9.82. The Morgan fingerprint density at radius 3 is 2.23 bits per heavy atom. The average molecular weight is 459 g/mol. The van der Waals surface area contributed by atoms with Crippen LogP contribution in [0.4, 0.5) is 0 Å². The lowest BCUT2D eigenvalue weighted by atomic mass is 10.0. The minimum atomic E-state index is -0.379. The highest BCUT2D eigenvalue weighted by atomic mass is 35.5. The van der Waals surface area contributed by atoms with Gasteiger partial charge in [-0.1, -0.05) is 29.3 Å². The van der Waals surface area contributed by atoms with Crippen LogP contribution in [0.1, 0.15) is 18.9 Å². The summed E-state index contributed by atoms with van der Waals surface area (Å²) in [6.07, 6.45) is 0.552. The van der Waals surface area contributed by atoms with Crippen LogP contribution in [0.25, 0.3) is 5.57 Å². The first kappa shape index (κ1) is 24.6. The first-order chi connectivity index (χ1) is 14.5. The molecule has 1 aliphatic heterocycles. The summed E-state index contributed by atoms with van der Waals surface area (Å²) in [5.41, 5.74) is 1.04. The first-order valence-corrected chi connectivity index (χ1v) is 10.6. The van der Waals surface area contributed by atoms with E-state index in [2.05, 4.69) is 0 Å². The van der Waals surface area contributed by atoms with Crippen LogP contribution in [0.5, 0.6) is 0 Å². The summed E-state index contributed by atoms with van der Waals surface area (Å²) in [6.45, 7) is 4.84. The molecule has 0 unspecified atom stereocenters. The molecule has 9 heteroatoms. The van der Waals surface area contributed by atoms with Gasteiger partial charge in [-0.05, 0) is 25.5 Å². The van der Waals surface area contributed by atoms with Gasteiger partial charge in [0.15, 0.2) is 0 Å². The highest BCUT2D eigenvalue weighted by Gasteiger charge is 2.41. The van der Waals surface area contributed by atoms with Gasteiger partial charge in [-0.2, -0.15) is 0 Å². The van der Waals surface area contributed by atoms with Crippen molar-refractivity contribution in [3.8, 4) is 0 Å². The van der Waals surface area contributed by atoms with E-state index in [4.69, 9.17) is 37.4 Å². The van der Waals surface area contributed by atoms with E-state index in [1.165, 1.54) is 4.90 Å². The van der Waals surface area contributed by atoms with Gasteiger partial charge in [0.1, 0.15) is 5.70 Å². The average Bonchev–Trinajstić information content (AvgIpc) is 2.96. The molecular weight excluding hydrogens is 431 g/mol. The van der Waals surface area contributed by atoms with Crippen LogP contribution in [-0.4, -0.2) is 81.9 Å². The number of imide groups is 1. The predicted molar refractivity (Wildman–Crippen MR) is 117 cm³/mol. The fourth-order valence-corrected chi connectivity index (χ4v) is 3.71. The Morgan fingerprint density at radius 2 is 1.67 bits per heavy atom. The van der Waals surface area contributed by atoms with Crippen LogP contribution in [0.15, 0.2) is 23.9 Å². The number of ether oxygens (including phenoxy) is 3. The molecule has 1 aromatic carbocycles. The van der Waals surface area contributed by atoms with Gasteiger partial charge in [-0.3, -0.25) is 14.5 Å². The van der Waals surface area contributed by atoms with Gasteiger partial charge < -0.3 is 19.1 Å². The molecule has 0 fully saturated rings. The molecule has 0 radical (unpaired) electrons. The molecule has 1 aromatic rings. The third kappa shape index (κ3) is 5.95. The quantitative estimate of drug-likeness (QED) is 0.334. The zero-order valence-electron chi connectivity index (χ0n) is 17.6. The molecule has 0 atom stereocenters. The third-order valence-corrected chi connectivity index (χ3v) is 5.21. The van der Waals surface area contributed by atoms with Gasteiger partial charge in [0, 0.05) is 57.7 Å². The van der Waals surface area contributed by atoms with Gasteiger partial charge in [0.05, 0.1) is 23.8 Å². The number of benzene rings is 1. The van der Waals surface area contributed by atoms with Crippen molar-refractivity contribution in [3.05, 3.63) is 39.5 Å². The fraction of sp³-hybridized carbons (Fsp3) is 0.524. The number of methoxy groups -OCH3 is 2. The lowest BCUT2D eigenvalue weighted by Gasteiger charge is -2.25. The molecule has 0 N–H and O–H groups in total. The van der Waals surface area contributed by atoms with E-state index in [-0.39, 0.29) is 23.9 Å². The molecule has 0 aliphatic carbocycles. The summed E-state index contributed by atoms with van der Waals surface area (Å²) in [6, 6.07) is 4.88. The molecule has 1 aliphatic rings. The van der Waals surface area contributed by atoms with Crippen LogP contribution in [-0.2, 0) is 23.8 Å². The number of amides is 2. The Kier molecular flexibility index (Phi) is 10.1. The number of hydrogen-bond donors (Lipinski definition) is 0. The zero-order chi connectivity index (χ0) is 22.1. The van der Waals surface area contributed by atoms with Crippen molar-refractivity contribution >= 4 is 40.6 Å². The van der Waals surface area contributed by atoms with Crippen molar-refractivity contribution in [3.63, 3.8) is 0 Å². The van der Waals surface area contributed by atoms with E-state index >= 15 is 0 Å². The number of nitrogens with zero attached hydrogens (tertiary/aromatic N) is 2. The maximum atomic E-state index is 13.3. The molecule has 7 nitrogen and oxygen atoms in total. The van der Waals surface area contributed by atoms with Crippen molar-refractivity contribution in [1.29, 1.82) is 0 Å². The maximum Gasteiger partial charge on any atom is 0.277 e. The zero-order valence-corrected chi connectivity index (χ0v) is 19.1. The largest absolute Gasteiger partial charge is 0.383 e. The van der Waals surface area contributed by atoms with Crippen LogP contribution in [0.2, 0.25) is 10.0 Å². The van der Waals surface area contributed by atoms with Crippen molar-refractivity contribution < 1.29 is 23.8 Å². The molecule has 0 saturated heterocycles. The smallest absolute Gasteiger partial charge is 0.277 e. The van der Waals surface area contributed by atoms with E-state index in [1.54, 1.807) is 32.4 Å². The Morgan fingerprint density at radius 1 is 1.00 bits per heavy atom. The fourth-order valence-electron chi connectivity index (χ4n) is 3.20. The van der Waals surface area contributed by atoms with E-state index in [9.17, 15) is 9.59 Å². The summed E-state index contributed by atoms with van der Waals surface area (Å²) in [5.74, 6) is -0.736. The standard InChI is InChI=1S/C21H28Cl2N2O5/c1-4-30-11-5-8-25-20(26)18(16-7-6-15(22)14-17(16)23)19(21(25)27)24(9-12-28-2)10-13-29-3/h6-7,14H,4-5,8-13H2,1-3H3. The monoisotopic (exact) mass is 458 g/mol. The molecule has 0 aromatic heterocycles. The number of halogens is 2. The van der Waals surface area contributed by atoms with Crippen molar-refractivity contribution in [2.75, 3.05) is 60.3 Å². The second kappa shape index (κ2) is 12.3. The molecule has 0 spiro atoms. The van der Waals surface area contributed by atoms with Crippen LogP contribution in [0.3, 0.4) is 0 Å². The van der Waals surface area contributed by atoms with Gasteiger partial charge in [-0.25, -0.2) is 0 Å². The van der Waals surface area contributed by atoms with Crippen molar-refractivity contribution in [2.24, 2.45) is 0 Å². The Labute approximate surface area is 187 Å². The minimum Gasteiger partial charge on any atom is -0.383 e. The minimum absolute atomic E-state index is 0.262. The Hall–Kier alpha value is -1.64. The molecule has 30 heavy (non-hydrogen) atoms. The van der Waals surface area contributed by atoms with Crippen LogP contribution in [0, 0.1) is 0 Å². The Bertz CT molecular complexity index is 777. The second-order valence-corrected chi connectivity index (χ2v) is 7.48. The molecule has 2 rings (SSSR count). The summed E-state index contributed by atoms with van der Waals surface area (Å²) in [5, 5.41) is 0.762. The maximum absolute atomic E-state index is 13.3. The number of rotatable bonds is 13. The summed E-state index contributed by atoms with van der Waals surface area (Å²) < 4.78 is 15.7. The molecular formula is C21H28Cl2N2O5. The van der Waals surface area contributed by atoms with Gasteiger partial charge >= 0.3 is 0 Å². The van der Waals surface area contributed by atoms with E-state index in [0.717, 1.165) is 0 Å². The number of hydrogen-bond acceptors (Lipinski definition) is 6. The Balaban J connectivity index is 2.47. The normalized spacial score (nSPS) is 14.2. The topological polar surface area (TPSA) is 68.3 Å². The molecule has 0 saturated carbocycles. The summed E-state index contributed by atoms with van der Waals surface area (Å²) in [4.78, 5) is 29.7. The van der Waals surface area contributed by atoms with E-state index in [0.29, 0.717) is 67.2 Å². The highest BCUT2D eigenvalue weighted by molar-refractivity contribution is 6.41. The predicted octanol–water partition coefficient (Wildman–Crippen LogP) is 3.09. The lowest BCUT2D eigenvalue weighted by Crippen LogP contribution is -2.38. The van der Waals surface area contributed by atoms with Gasteiger partial charge in [-0.15, -0.1) is 0 Å². The lowest BCUT2D eigenvalue weighted by molar-refractivity contribution is -0.137. The SMILES string of the molecule is CCOCCCN1C(=O)C(c2ccc(Cl)cc2Cl)=C(N(CCOC)CCOC)C1=O. The summed E-state index contributed by atoms with van der Waals surface area (Å²) >= 11 is 12.4. The van der Waals surface area contributed by atoms with Gasteiger partial charge in [0.2, 0.25) is 0 Å². The van der Waals surface area contributed by atoms with E-state index in [1.807, 2.05) is 11.8 Å². The molecule has 1 heterocycles. The molecule has 0 bridgehead atoms. The van der Waals surface area contributed by atoms with Crippen molar-refractivity contribution in [1.82, 2.24) is 9.80 Å². The van der Waals surface area contributed by atoms with E-state index < -0.39 is 0 Å². The molecule has 166 valence electrons. The summed E-state index contributed by atoms with van der Waals surface area (Å²) in [7, 11) is 3.17. The molecule has 2 amide bonds.